The maximum absolute atomic E-state index is 13.1. The van der Waals surface area contributed by atoms with Crippen LogP contribution in [0.1, 0.15) is 36.1 Å². The second-order valence-corrected chi connectivity index (χ2v) is 8.34. The molecule has 0 aliphatic rings. The number of aryl methyl sites for hydroxylation is 2. The molecule has 2 aromatic rings. The number of rotatable bonds is 6. The number of hydrogen-bond donors (Lipinski definition) is 1. The quantitative estimate of drug-likeness (QED) is 0.868. The number of benzene rings is 1. The Kier molecular flexibility index (Phi) is 5.45. The molecule has 2 rings (SSSR count). The van der Waals surface area contributed by atoms with Gasteiger partial charge in [-0.15, -0.1) is 5.10 Å². The molecule has 24 heavy (non-hydrogen) atoms. The van der Waals surface area contributed by atoms with Gasteiger partial charge in [0.2, 0.25) is 10.0 Å². The molecule has 0 unspecified atom stereocenters. The maximum atomic E-state index is 13.1. The fraction of sp³-hybridized carbons (Fsp3) is 0.529. The summed E-state index contributed by atoms with van der Waals surface area (Å²) in [6, 6.07) is 1.76. The lowest BCUT2D eigenvalue weighted by Crippen LogP contribution is -2.42. The van der Waals surface area contributed by atoms with Crippen molar-refractivity contribution >= 4 is 10.0 Å². The molecule has 0 aliphatic carbocycles. The molecule has 1 aromatic carbocycles. The molecule has 1 aromatic heterocycles. The van der Waals surface area contributed by atoms with Gasteiger partial charge in [-0.1, -0.05) is 25.1 Å². The van der Waals surface area contributed by atoms with Gasteiger partial charge in [0.15, 0.2) is 0 Å². The van der Waals surface area contributed by atoms with Crippen LogP contribution in [0.4, 0.5) is 0 Å². The Morgan fingerprint density at radius 2 is 1.71 bits per heavy atom. The van der Waals surface area contributed by atoms with Gasteiger partial charge < -0.3 is 0 Å². The van der Waals surface area contributed by atoms with Gasteiger partial charge in [-0.3, -0.25) is 4.68 Å². The first kappa shape index (κ1) is 18.6. The molecule has 0 radical (unpaired) electrons. The molecule has 1 heterocycles. The molecule has 7 heteroatoms. The van der Waals surface area contributed by atoms with E-state index in [9.17, 15) is 8.42 Å². The lowest BCUT2D eigenvalue weighted by Gasteiger charge is -2.24. The van der Waals surface area contributed by atoms with Gasteiger partial charge >= 0.3 is 0 Å². The molecule has 0 saturated carbocycles. The van der Waals surface area contributed by atoms with Crippen molar-refractivity contribution in [2.45, 2.75) is 59.0 Å². The summed E-state index contributed by atoms with van der Waals surface area (Å²) >= 11 is 0. The molecule has 0 fully saturated rings. The van der Waals surface area contributed by atoms with Crippen LogP contribution >= 0.6 is 0 Å². The van der Waals surface area contributed by atoms with Crippen LogP contribution in [0.15, 0.2) is 23.4 Å². The second-order valence-electron chi connectivity index (χ2n) is 6.69. The summed E-state index contributed by atoms with van der Waals surface area (Å²) in [4.78, 5) is 0.393. The molecule has 0 spiro atoms. The Bertz CT molecular complexity index is 785. The standard InChI is InChI=1S/C17H26N4O2S/c1-11(2)16(10-21-8-7-18-20-21)19-24(22,23)17-14(5)12(3)9-13(4)15(17)6/h7-9,11,16,19H,10H2,1-6H3/t16-/m1/s1. The first-order chi connectivity index (χ1) is 11.1. The minimum atomic E-state index is -3.63. The Labute approximate surface area is 144 Å². The Balaban J connectivity index is 2.39. The number of aromatic nitrogens is 3. The third-order valence-electron chi connectivity index (χ3n) is 4.53. The van der Waals surface area contributed by atoms with Gasteiger partial charge in [0.25, 0.3) is 0 Å². The highest BCUT2D eigenvalue weighted by atomic mass is 32.2. The van der Waals surface area contributed by atoms with Crippen LogP contribution in [0, 0.1) is 33.6 Å². The number of sulfonamides is 1. The molecule has 132 valence electrons. The average molecular weight is 350 g/mol. The van der Waals surface area contributed by atoms with Gasteiger partial charge in [0.1, 0.15) is 0 Å². The lowest BCUT2D eigenvalue weighted by atomic mass is 10.0. The molecule has 1 atom stereocenters. The topological polar surface area (TPSA) is 76.9 Å². The summed E-state index contributed by atoms with van der Waals surface area (Å²) < 4.78 is 30.6. The highest BCUT2D eigenvalue weighted by molar-refractivity contribution is 7.89. The Hall–Kier alpha value is -1.73. The number of nitrogens with one attached hydrogen (secondary N) is 1. The van der Waals surface area contributed by atoms with Crippen LogP contribution in [0.2, 0.25) is 0 Å². The van der Waals surface area contributed by atoms with Gasteiger partial charge in [-0.2, -0.15) is 0 Å². The largest absolute Gasteiger partial charge is 0.251 e. The molecular weight excluding hydrogens is 324 g/mol. The normalized spacial score (nSPS) is 13.5. The summed E-state index contributed by atoms with van der Waals surface area (Å²) in [5.41, 5.74) is 3.56. The van der Waals surface area contributed by atoms with Gasteiger partial charge in [-0.05, 0) is 55.9 Å². The van der Waals surface area contributed by atoms with E-state index in [1.807, 2.05) is 47.6 Å². The van der Waals surface area contributed by atoms with Gasteiger partial charge in [0, 0.05) is 12.2 Å². The number of nitrogens with zero attached hydrogens (tertiary/aromatic N) is 3. The van der Waals surface area contributed by atoms with E-state index in [1.165, 1.54) is 0 Å². The monoisotopic (exact) mass is 350 g/mol. The van der Waals surface area contributed by atoms with Crippen LogP contribution in [0.3, 0.4) is 0 Å². The van der Waals surface area contributed by atoms with E-state index < -0.39 is 10.0 Å². The summed E-state index contributed by atoms with van der Waals surface area (Å²) in [7, 11) is -3.63. The molecule has 6 nitrogen and oxygen atoms in total. The predicted octanol–water partition coefficient (Wildman–Crippen LogP) is 2.51. The van der Waals surface area contributed by atoms with Crippen molar-refractivity contribution in [1.29, 1.82) is 0 Å². The number of hydrogen-bond acceptors (Lipinski definition) is 4. The molecule has 0 amide bonds. The van der Waals surface area contributed by atoms with E-state index >= 15 is 0 Å². The van der Waals surface area contributed by atoms with Crippen LogP contribution in [-0.2, 0) is 16.6 Å². The highest BCUT2D eigenvalue weighted by Gasteiger charge is 2.27. The van der Waals surface area contributed by atoms with Crippen LogP contribution in [0.25, 0.3) is 0 Å². The van der Waals surface area contributed by atoms with Crippen LogP contribution in [-0.4, -0.2) is 29.5 Å². The first-order valence-corrected chi connectivity index (χ1v) is 9.55. The zero-order chi connectivity index (χ0) is 18.1. The van der Waals surface area contributed by atoms with Gasteiger partial charge in [-0.25, -0.2) is 13.1 Å². The van der Waals surface area contributed by atoms with Crippen molar-refractivity contribution in [3.05, 3.63) is 40.7 Å². The van der Waals surface area contributed by atoms with Crippen molar-refractivity contribution in [2.75, 3.05) is 0 Å². The summed E-state index contributed by atoms with van der Waals surface area (Å²) in [6.45, 7) is 12.0. The van der Waals surface area contributed by atoms with E-state index in [0.717, 1.165) is 22.3 Å². The van der Waals surface area contributed by atoms with Crippen LogP contribution < -0.4 is 4.72 Å². The molecule has 0 aliphatic heterocycles. The van der Waals surface area contributed by atoms with Crippen molar-refractivity contribution in [2.24, 2.45) is 5.92 Å². The average Bonchev–Trinajstić information content (AvgIpc) is 2.97. The van der Waals surface area contributed by atoms with Crippen molar-refractivity contribution in [1.82, 2.24) is 19.7 Å². The van der Waals surface area contributed by atoms with E-state index in [1.54, 1.807) is 17.1 Å². The third-order valence-corrected chi connectivity index (χ3v) is 6.30. The smallest absolute Gasteiger partial charge is 0.241 e. The Morgan fingerprint density at radius 3 is 2.17 bits per heavy atom. The minimum absolute atomic E-state index is 0.121. The molecular formula is C17H26N4O2S. The lowest BCUT2D eigenvalue weighted by molar-refractivity contribution is 0.378. The van der Waals surface area contributed by atoms with Crippen molar-refractivity contribution < 1.29 is 8.42 Å². The van der Waals surface area contributed by atoms with Crippen molar-refractivity contribution in [3.8, 4) is 0 Å². The summed E-state index contributed by atoms with van der Waals surface area (Å²) in [5.74, 6) is 0.121. The van der Waals surface area contributed by atoms with E-state index in [0.29, 0.717) is 11.4 Å². The second kappa shape index (κ2) is 7.03. The SMILES string of the molecule is Cc1cc(C)c(C)c(S(=O)(=O)N[C@H](Cn2ccnn2)C(C)C)c1C. The van der Waals surface area contributed by atoms with Crippen LogP contribution in [0.5, 0.6) is 0 Å². The van der Waals surface area contributed by atoms with E-state index in [-0.39, 0.29) is 12.0 Å². The molecule has 0 saturated heterocycles. The zero-order valence-electron chi connectivity index (χ0n) is 15.2. The summed E-state index contributed by atoms with van der Waals surface area (Å²) in [6.07, 6.45) is 3.32. The fourth-order valence-electron chi connectivity index (χ4n) is 2.76. The zero-order valence-corrected chi connectivity index (χ0v) is 16.0. The highest BCUT2D eigenvalue weighted by Crippen LogP contribution is 2.26. The van der Waals surface area contributed by atoms with E-state index in [2.05, 4.69) is 15.0 Å². The third kappa shape index (κ3) is 3.84. The minimum Gasteiger partial charge on any atom is -0.251 e. The summed E-state index contributed by atoms with van der Waals surface area (Å²) in [5, 5.41) is 7.71. The van der Waals surface area contributed by atoms with E-state index in [4.69, 9.17) is 0 Å². The van der Waals surface area contributed by atoms with Gasteiger partial charge in [0.05, 0.1) is 17.6 Å². The Morgan fingerprint density at radius 1 is 1.12 bits per heavy atom. The van der Waals surface area contributed by atoms with Crippen molar-refractivity contribution in [3.63, 3.8) is 0 Å². The first-order valence-electron chi connectivity index (χ1n) is 8.07. The predicted molar refractivity (Wildman–Crippen MR) is 94.4 cm³/mol. The fourth-order valence-corrected chi connectivity index (χ4v) is 4.75. The maximum Gasteiger partial charge on any atom is 0.241 e. The molecule has 1 N–H and O–H groups in total. The molecule has 0 bridgehead atoms.